The Kier molecular flexibility index (Phi) is 6.51. The molecule has 0 fully saturated rings. The Bertz CT molecular complexity index is 924. The molecule has 0 spiro atoms. The van der Waals surface area contributed by atoms with Crippen LogP contribution in [-0.4, -0.2) is 32.2 Å². The number of imidazole rings is 1. The molecule has 0 saturated carbocycles. The summed E-state index contributed by atoms with van der Waals surface area (Å²) in [6.45, 7) is 2.74. The number of nitrogens with zero attached hydrogens (tertiary/aromatic N) is 2. The molecule has 3 rings (SSSR count). The van der Waals surface area contributed by atoms with Gasteiger partial charge in [0.05, 0.1) is 12.0 Å². The van der Waals surface area contributed by atoms with Gasteiger partial charge in [-0.15, -0.1) is 0 Å². The molecule has 26 heavy (non-hydrogen) atoms. The second kappa shape index (κ2) is 9.05. The van der Waals surface area contributed by atoms with Gasteiger partial charge in [0.15, 0.2) is 0 Å². The first-order valence-electron chi connectivity index (χ1n) is 8.25. The van der Waals surface area contributed by atoms with E-state index in [2.05, 4.69) is 41.2 Å². The van der Waals surface area contributed by atoms with Crippen molar-refractivity contribution in [2.24, 2.45) is 0 Å². The van der Waals surface area contributed by atoms with Gasteiger partial charge < -0.3 is 10.3 Å². The van der Waals surface area contributed by atoms with Crippen molar-refractivity contribution in [2.45, 2.75) is 19.1 Å². The van der Waals surface area contributed by atoms with E-state index in [0.717, 1.165) is 39.5 Å². The van der Waals surface area contributed by atoms with E-state index in [0.29, 0.717) is 17.9 Å². The van der Waals surface area contributed by atoms with E-state index in [1.807, 2.05) is 31.2 Å². The topological polar surface area (TPSA) is 86.5 Å². The summed E-state index contributed by atoms with van der Waals surface area (Å²) >= 11 is 5.23. The molecule has 2 heterocycles. The molecular weight excluding hydrogens is 414 g/mol. The minimum absolute atomic E-state index is 0.109. The first kappa shape index (κ1) is 18.7. The SMILES string of the molecule is Cc1[nH]cnc1CSCCNc1ncc(Cc2cccc(Br)c2)c(=O)[nH]1. The maximum atomic E-state index is 12.2. The number of hydrogen-bond donors (Lipinski definition) is 3. The Hall–Kier alpha value is -2.06. The quantitative estimate of drug-likeness (QED) is 0.473. The van der Waals surface area contributed by atoms with Crippen LogP contribution in [0.2, 0.25) is 0 Å². The fourth-order valence-corrected chi connectivity index (χ4v) is 3.77. The van der Waals surface area contributed by atoms with Gasteiger partial charge in [-0.05, 0) is 24.6 Å². The Morgan fingerprint density at radius 1 is 1.31 bits per heavy atom. The molecule has 6 nitrogen and oxygen atoms in total. The molecule has 0 radical (unpaired) electrons. The molecule has 136 valence electrons. The van der Waals surface area contributed by atoms with Crippen molar-refractivity contribution in [1.29, 1.82) is 0 Å². The summed E-state index contributed by atoms with van der Waals surface area (Å²) in [6, 6.07) is 7.92. The zero-order chi connectivity index (χ0) is 18.4. The van der Waals surface area contributed by atoms with E-state index in [1.54, 1.807) is 24.3 Å². The van der Waals surface area contributed by atoms with E-state index in [-0.39, 0.29) is 5.56 Å². The molecule has 0 amide bonds. The number of aromatic nitrogens is 4. The van der Waals surface area contributed by atoms with E-state index < -0.39 is 0 Å². The molecule has 0 bridgehead atoms. The van der Waals surface area contributed by atoms with Crippen molar-refractivity contribution in [1.82, 2.24) is 19.9 Å². The Balaban J connectivity index is 1.48. The van der Waals surface area contributed by atoms with Crippen molar-refractivity contribution >= 4 is 33.6 Å². The molecule has 0 unspecified atom stereocenters. The van der Waals surface area contributed by atoms with E-state index in [1.165, 1.54) is 0 Å². The second-order valence-corrected chi connectivity index (χ2v) is 7.87. The van der Waals surface area contributed by atoms with Crippen LogP contribution in [0.15, 0.2) is 46.1 Å². The van der Waals surface area contributed by atoms with Gasteiger partial charge in [-0.2, -0.15) is 11.8 Å². The summed E-state index contributed by atoms with van der Waals surface area (Å²) in [7, 11) is 0. The minimum atomic E-state index is -0.109. The summed E-state index contributed by atoms with van der Waals surface area (Å²) in [5, 5.41) is 3.16. The zero-order valence-corrected chi connectivity index (χ0v) is 16.8. The molecule has 0 aliphatic carbocycles. The first-order valence-corrected chi connectivity index (χ1v) is 10.2. The van der Waals surface area contributed by atoms with Gasteiger partial charge >= 0.3 is 0 Å². The van der Waals surface area contributed by atoms with Gasteiger partial charge in [0.25, 0.3) is 5.56 Å². The number of nitrogens with one attached hydrogen (secondary N) is 3. The number of benzene rings is 1. The maximum absolute atomic E-state index is 12.2. The van der Waals surface area contributed by atoms with Crippen LogP contribution in [0.1, 0.15) is 22.5 Å². The monoisotopic (exact) mass is 433 g/mol. The van der Waals surface area contributed by atoms with Crippen LogP contribution < -0.4 is 10.9 Å². The number of anilines is 1. The first-order chi connectivity index (χ1) is 12.6. The smallest absolute Gasteiger partial charge is 0.255 e. The van der Waals surface area contributed by atoms with Crippen molar-refractivity contribution in [3.63, 3.8) is 0 Å². The summed E-state index contributed by atoms with van der Waals surface area (Å²) in [5.41, 5.74) is 3.80. The molecule has 3 aromatic rings. The van der Waals surface area contributed by atoms with Crippen LogP contribution in [0, 0.1) is 6.92 Å². The molecule has 1 aromatic carbocycles. The number of aromatic amines is 2. The average Bonchev–Trinajstić information content (AvgIpc) is 3.02. The number of thioether (sulfide) groups is 1. The lowest BCUT2D eigenvalue weighted by molar-refractivity contribution is 1.01. The van der Waals surface area contributed by atoms with E-state index in [9.17, 15) is 4.79 Å². The highest BCUT2D eigenvalue weighted by Gasteiger charge is 2.05. The van der Waals surface area contributed by atoms with Gasteiger partial charge in [-0.25, -0.2) is 9.97 Å². The van der Waals surface area contributed by atoms with Gasteiger partial charge in [0, 0.05) is 46.4 Å². The number of rotatable bonds is 8. The molecule has 3 N–H and O–H groups in total. The van der Waals surface area contributed by atoms with E-state index in [4.69, 9.17) is 0 Å². The molecule has 2 aromatic heterocycles. The maximum Gasteiger partial charge on any atom is 0.255 e. The lowest BCUT2D eigenvalue weighted by Crippen LogP contribution is -2.18. The van der Waals surface area contributed by atoms with Gasteiger partial charge in [0.1, 0.15) is 0 Å². The van der Waals surface area contributed by atoms with Gasteiger partial charge in [0.2, 0.25) is 5.95 Å². The largest absolute Gasteiger partial charge is 0.355 e. The minimum Gasteiger partial charge on any atom is -0.355 e. The third kappa shape index (κ3) is 5.22. The number of hydrogen-bond acceptors (Lipinski definition) is 5. The predicted molar refractivity (Wildman–Crippen MR) is 110 cm³/mol. The fraction of sp³-hybridized carbons (Fsp3) is 0.278. The van der Waals surface area contributed by atoms with Crippen LogP contribution >= 0.6 is 27.7 Å². The third-order valence-electron chi connectivity index (χ3n) is 3.87. The Labute approximate surface area is 164 Å². The number of halogens is 1. The normalized spacial score (nSPS) is 10.8. The summed E-state index contributed by atoms with van der Waals surface area (Å²) in [5.74, 6) is 2.27. The standard InChI is InChI=1S/C18H20BrN5OS/c1-12-16(23-11-22-12)10-26-6-5-20-18-21-9-14(17(25)24-18)7-13-3-2-4-15(19)8-13/h2-4,8-9,11H,5-7,10H2,1H3,(H,22,23)(H2,20,21,24,25). The third-order valence-corrected chi connectivity index (χ3v) is 5.33. The molecule has 0 saturated heterocycles. The Morgan fingerprint density at radius 3 is 2.92 bits per heavy atom. The average molecular weight is 434 g/mol. The van der Waals surface area contributed by atoms with Crippen molar-refractivity contribution in [3.05, 3.63) is 74.1 Å². The highest BCUT2D eigenvalue weighted by atomic mass is 79.9. The molecule has 0 aliphatic rings. The second-order valence-electron chi connectivity index (χ2n) is 5.85. The fourth-order valence-electron chi connectivity index (χ4n) is 2.45. The lowest BCUT2D eigenvalue weighted by Gasteiger charge is -2.06. The van der Waals surface area contributed by atoms with Crippen LogP contribution in [0.3, 0.4) is 0 Å². The van der Waals surface area contributed by atoms with Gasteiger partial charge in [-0.1, -0.05) is 28.1 Å². The number of H-pyrrole nitrogens is 2. The van der Waals surface area contributed by atoms with Crippen molar-refractivity contribution in [2.75, 3.05) is 17.6 Å². The van der Waals surface area contributed by atoms with Crippen LogP contribution in [0.25, 0.3) is 0 Å². The number of aryl methyl sites for hydroxylation is 1. The van der Waals surface area contributed by atoms with Crippen molar-refractivity contribution < 1.29 is 0 Å². The molecule has 0 atom stereocenters. The van der Waals surface area contributed by atoms with Crippen LogP contribution in [0.4, 0.5) is 5.95 Å². The zero-order valence-electron chi connectivity index (χ0n) is 14.4. The highest BCUT2D eigenvalue weighted by molar-refractivity contribution is 9.10. The molecular formula is C18H20BrN5OS. The Morgan fingerprint density at radius 2 is 2.19 bits per heavy atom. The van der Waals surface area contributed by atoms with E-state index >= 15 is 0 Å². The summed E-state index contributed by atoms with van der Waals surface area (Å²) in [6.07, 6.45) is 3.91. The summed E-state index contributed by atoms with van der Waals surface area (Å²) < 4.78 is 1.00. The highest BCUT2D eigenvalue weighted by Crippen LogP contribution is 2.14. The van der Waals surface area contributed by atoms with Gasteiger partial charge in [-0.3, -0.25) is 9.78 Å². The predicted octanol–water partition coefficient (Wildman–Crippen LogP) is 3.50. The van der Waals surface area contributed by atoms with Crippen molar-refractivity contribution in [3.8, 4) is 0 Å². The lowest BCUT2D eigenvalue weighted by atomic mass is 10.1. The van der Waals surface area contributed by atoms with Crippen LogP contribution in [0.5, 0.6) is 0 Å². The van der Waals surface area contributed by atoms with Crippen LogP contribution in [-0.2, 0) is 12.2 Å². The molecule has 8 heteroatoms. The summed E-state index contributed by atoms with van der Waals surface area (Å²) in [4.78, 5) is 26.7. The molecule has 0 aliphatic heterocycles.